The highest BCUT2D eigenvalue weighted by Crippen LogP contribution is 2.28. The van der Waals surface area contributed by atoms with Gasteiger partial charge in [0, 0.05) is 6.42 Å². The van der Waals surface area contributed by atoms with Crippen molar-refractivity contribution < 1.29 is 5.11 Å². The van der Waals surface area contributed by atoms with E-state index in [2.05, 4.69) is 23.4 Å². The maximum Gasteiger partial charge on any atom is 0.0957 e. The van der Waals surface area contributed by atoms with Gasteiger partial charge in [0.1, 0.15) is 0 Å². The summed E-state index contributed by atoms with van der Waals surface area (Å²) in [5.41, 5.74) is 2.04. The molecule has 0 spiro atoms. The summed E-state index contributed by atoms with van der Waals surface area (Å²) in [5.74, 6) is 0.300. The van der Waals surface area contributed by atoms with E-state index in [1.54, 1.807) is 0 Å². The number of hydrogen-bond donors (Lipinski definition) is 1. The van der Waals surface area contributed by atoms with Crippen molar-refractivity contribution in [2.24, 2.45) is 0 Å². The van der Waals surface area contributed by atoms with E-state index < -0.39 is 6.10 Å². The van der Waals surface area contributed by atoms with Crippen LogP contribution in [-0.4, -0.2) is 14.7 Å². The number of nitrogens with zero attached hydrogens (tertiary/aromatic N) is 2. The van der Waals surface area contributed by atoms with Crippen LogP contribution in [0.3, 0.4) is 0 Å². The Hall–Kier alpha value is -1.26. The van der Waals surface area contributed by atoms with Gasteiger partial charge in [-0.25, -0.2) is 0 Å². The van der Waals surface area contributed by atoms with Gasteiger partial charge in [0.2, 0.25) is 0 Å². The molecule has 2 aromatic rings. The van der Waals surface area contributed by atoms with Gasteiger partial charge in [-0.15, -0.1) is 5.10 Å². The monoisotopic (exact) mass is 248 g/mol. The molecule has 0 radical (unpaired) electrons. The molecule has 1 heterocycles. The zero-order valence-electron chi connectivity index (χ0n) is 10.00. The van der Waals surface area contributed by atoms with E-state index in [0.29, 0.717) is 12.3 Å². The minimum atomic E-state index is -0.505. The van der Waals surface area contributed by atoms with Gasteiger partial charge in [-0.3, -0.25) is 0 Å². The summed E-state index contributed by atoms with van der Waals surface area (Å²) in [7, 11) is 0. The molecule has 0 fully saturated rings. The molecule has 0 saturated carbocycles. The van der Waals surface area contributed by atoms with Crippen LogP contribution in [-0.2, 0) is 6.42 Å². The molecule has 1 N–H and O–H groups in total. The van der Waals surface area contributed by atoms with Crippen molar-refractivity contribution >= 4 is 11.5 Å². The molecule has 90 valence electrons. The van der Waals surface area contributed by atoms with Crippen LogP contribution >= 0.6 is 11.5 Å². The number of rotatable bonds is 4. The van der Waals surface area contributed by atoms with Crippen LogP contribution in [0.25, 0.3) is 0 Å². The van der Waals surface area contributed by atoms with Crippen molar-refractivity contribution in [1.82, 2.24) is 9.59 Å². The summed E-state index contributed by atoms with van der Waals surface area (Å²) < 4.78 is 3.94. The normalized spacial score (nSPS) is 12.9. The lowest BCUT2D eigenvalue weighted by Crippen LogP contribution is -2.04. The summed E-state index contributed by atoms with van der Waals surface area (Å²) in [6.07, 6.45) is 0.111. The van der Waals surface area contributed by atoms with Crippen LogP contribution in [0.4, 0.5) is 0 Å². The fourth-order valence-corrected chi connectivity index (χ4v) is 2.56. The van der Waals surface area contributed by atoms with Gasteiger partial charge in [0.15, 0.2) is 0 Å². The molecule has 17 heavy (non-hydrogen) atoms. The van der Waals surface area contributed by atoms with Crippen LogP contribution in [0, 0.1) is 0 Å². The number of hydrogen-bond acceptors (Lipinski definition) is 4. The van der Waals surface area contributed by atoms with Crippen LogP contribution in [0.2, 0.25) is 0 Å². The lowest BCUT2D eigenvalue weighted by atomic mass is 10.0. The molecule has 2 rings (SSSR count). The minimum absolute atomic E-state index is 0.300. The van der Waals surface area contributed by atoms with Crippen LogP contribution < -0.4 is 0 Å². The molecule has 1 atom stereocenters. The van der Waals surface area contributed by atoms with Crippen LogP contribution in [0.15, 0.2) is 30.3 Å². The molecule has 0 bridgehead atoms. The van der Waals surface area contributed by atoms with E-state index in [-0.39, 0.29) is 0 Å². The van der Waals surface area contributed by atoms with Gasteiger partial charge < -0.3 is 5.11 Å². The maximum atomic E-state index is 10.2. The summed E-state index contributed by atoms with van der Waals surface area (Å²) in [6, 6.07) is 9.98. The van der Waals surface area contributed by atoms with Gasteiger partial charge in [-0.05, 0) is 23.0 Å². The second kappa shape index (κ2) is 5.38. The van der Waals surface area contributed by atoms with Gasteiger partial charge in [0.25, 0.3) is 0 Å². The Bertz CT molecular complexity index is 467. The summed E-state index contributed by atoms with van der Waals surface area (Å²) in [4.78, 5) is 0.892. The number of aliphatic hydroxyl groups excluding tert-OH is 1. The Morgan fingerprint density at radius 3 is 2.59 bits per heavy atom. The minimum Gasteiger partial charge on any atom is -0.387 e. The van der Waals surface area contributed by atoms with Crippen LogP contribution in [0.1, 0.15) is 42.0 Å². The Kier molecular flexibility index (Phi) is 3.86. The van der Waals surface area contributed by atoms with Crippen molar-refractivity contribution in [3.8, 4) is 0 Å². The molecule has 0 aliphatic heterocycles. The molecular formula is C13H16N2OS. The molecule has 1 aromatic carbocycles. The van der Waals surface area contributed by atoms with Gasteiger partial charge in [-0.2, -0.15) is 0 Å². The van der Waals surface area contributed by atoms with E-state index >= 15 is 0 Å². The Morgan fingerprint density at radius 1 is 1.24 bits per heavy atom. The smallest absolute Gasteiger partial charge is 0.0957 e. The van der Waals surface area contributed by atoms with E-state index in [4.69, 9.17) is 0 Å². The highest BCUT2D eigenvalue weighted by atomic mass is 32.1. The van der Waals surface area contributed by atoms with Gasteiger partial charge >= 0.3 is 0 Å². The molecular weight excluding hydrogens is 232 g/mol. The fraction of sp³-hybridized carbons (Fsp3) is 0.385. The number of aliphatic hydroxyl groups is 1. The van der Waals surface area contributed by atoms with E-state index in [1.165, 1.54) is 11.5 Å². The van der Waals surface area contributed by atoms with E-state index in [1.807, 2.05) is 30.3 Å². The van der Waals surface area contributed by atoms with Crippen LogP contribution in [0.5, 0.6) is 0 Å². The largest absolute Gasteiger partial charge is 0.387 e. The third-order valence-electron chi connectivity index (χ3n) is 2.66. The molecule has 0 saturated heterocycles. The van der Waals surface area contributed by atoms with Gasteiger partial charge in [0.05, 0.1) is 16.7 Å². The first-order valence-corrected chi connectivity index (χ1v) is 6.50. The third-order valence-corrected chi connectivity index (χ3v) is 3.50. The average Bonchev–Trinajstić information content (AvgIpc) is 2.79. The molecule has 1 unspecified atom stereocenters. The topological polar surface area (TPSA) is 46.0 Å². The highest BCUT2D eigenvalue weighted by Gasteiger charge is 2.19. The first kappa shape index (κ1) is 12.2. The van der Waals surface area contributed by atoms with Crippen molar-refractivity contribution in [3.05, 3.63) is 46.5 Å². The van der Waals surface area contributed by atoms with Gasteiger partial charge in [-0.1, -0.05) is 48.7 Å². The quantitative estimate of drug-likeness (QED) is 0.905. The summed E-state index contributed by atoms with van der Waals surface area (Å²) in [6.45, 7) is 4.13. The summed E-state index contributed by atoms with van der Waals surface area (Å²) in [5, 5.41) is 14.3. The Balaban J connectivity index is 2.15. The van der Waals surface area contributed by atoms with Crippen molar-refractivity contribution in [1.29, 1.82) is 0 Å². The highest BCUT2D eigenvalue weighted by molar-refractivity contribution is 7.05. The molecule has 0 amide bonds. The SMILES string of the molecule is CC(C)c1nnsc1C(O)Cc1ccccc1. The average molecular weight is 248 g/mol. The zero-order valence-corrected chi connectivity index (χ0v) is 10.8. The van der Waals surface area contributed by atoms with Crippen molar-refractivity contribution in [3.63, 3.8) is 0 Å². The standard InChI is InChI=1S/C13H16N2OS/c1-9(2)12-13(17-15-14-12)11(16)8-10-6-4-3-5-7-10/h3-7,9,11,16H,8H2,1-2H3. The zero-order chi connectivity index (χ0) is 12.3. The lowest BCUT2D eigenvalue weighted by molar-refractivity contribution is 0.180. The van der Waals surface area contributed by atoms with E-state index in [9.17, 15) is 5.11 Å². The first-order valence-electron chi connectivity index (χ1n) is 5.72. The van der Waals surface area contributed by atoms with E-state index in [0.717, 1.165) is 16.1 Å². The first-order chi connectivity index (χ1) is 8.18. The third kappa shape index (κ3) is 2.90. The summed E-state index contributed by atoms with van der Waals surface area (Å²) >= 11 is 1.29. The second-order valence-corrected chi connectivity index (χ2v) is 5.17. The van der Waals surface area contributed by atoms with Crippen molar-refractivity contribution in [2.75, 3.05) is 0 Å². The molecule has 1 aromatic heterocycles. The number of benzene rings is 1. The second-order valence-electron chi connectivity index (χ2n) is 4.38. The molecule has 0 aliphatic carbocycles. The predicted molar refractivity (Wildman–Crippen MR) is 69.1 cm³/mol. The molecule has 3 nitrogen and oxygen atoms in total. The predicted octanol–water partition coefficient (Wildman–Crippen LogP) is 2.94. The fourth-order valence-electron chi connectivity index (χ4n) is 1.77. The number of aromatic nitrogens is 2. The molecule has 4 heteroatoms. The Labute approximate surface area is 105 Å². The van der Waals surface area contributed by atoms with Crippen molar-refractivity contribution in [2.45, 2.75) is 32.3 Å². The maximum absolute atomic E-state index is 10.2. The lowest BCUT2D eigenvalue weighted by Gasteiger charge is -2.11. The Morgan fingerprint density at radius 2 is 1.94 bits per heavy atom. The molecule has 0 aliphatic rings.